The van der Waals surface area contributed by atoms with E-state index in [-0.39, 0.29) is 12.5 Å². The monoisotopic (exact) mass is 378 g/mol. The van der Waals surface area contributed by atoms with Gasteiger partial charge in [0.25, 0.3) is 5.91 Å². The van der Waals surface area contributed by atoms with Crippen molar-refractivity contribution in [1.29, 1.82) is 0 Å². The minimum atomic E-state index is -0.714. The van der Waals surface area contributed by atoms with Gasteiger partial charge in [0.05, 0.1) is 6.20 Å². The molecule has 6 heteroatoms. The number of amides is 1. The maximum atomic E-state index is 12.5. The lowest BCUT2D eigenvalue weighted by Gasteiger charge is -2.16. The molecule has 1 unspecified atom stereocenters. The van der Waals surface area contributed by atoms with Crippen molar-refractivity contribution in [3.8, 4) is 11.5 Å². The molecule has 0 aliphatic carbocycles. The number of nitrogens with one attached hydrogen (secondary N) is 1. The van der Waals surface area contributed by atoms with E-state index < -0.39 is 12.0 Å². The van der Waals surface area contributed by atoms with Gasteiger partial charge in [-0.3, -0.25) is 4.79 Å². The molecule has 0 fully saturated rings. The van der Waals surface area contributed by atoms with Gasteiger partial charge in [0.15, 0.2) is 12.4 Å². The predicted octanol–water partition coefficient (Wildman–Crippen LogP) is 3.98. The predicted molar refractivity (Wildman–Crippen MR) is 104 cm³/mol. The van der Waals surface area contributed by atoms with Crippen LogP contribution in [0.4, 0.5) is 0 Å². The molecule has 0 spiro atoms. The molecule has 0 saturated heterocycles. The number of esters is 1. The van der Waals surface area contributed by atoms with Crippen LogP contribution in [0.25, 0.3) is 11.5 Å². The quantitative estimate of drug-likeness (QED) is 0.600. The van der Waals surface area contributed by atoms with Crippen LogP contribution in [0.2, 0.25) is 0 Å². The summed E-state index contributed by atoms with van der Waals surface area (Å²) in [5, 5.41) is 2.74. The number of nitrogens with zero attached hydrogens (tertiary/aromatic N) is 1. The number of ether oxygens (including phenoxy) is 1. The third kappa shape index (κ3) is 5.07. The van der Waals surface area contributed by atoms with E-state index in [1.165, 1.54) is 6.20 Å². The highest BCUT2D eigenvalue weighted by molar-refractivity contribution is 5.96. The lowest BCUT2D eigenvalue weighted by atomic mass is 10.1. The van der Waals surface area contributed by atoms with Crippen molar-refractivity contribution in [1.82, 2.24) is 10.3 Å². The first kappa shape index (κ1) is 19.4. The molecule has 0 radical (unpaired) electrons. The van der Waals surface area contributed by atoms with E-state index in [1.807, 2.05) is 43.3 Å². The Balaban J connectivity index is 1.58. The minimum Gasteiger partial charge on any atom is -0.456 e. The normalized spacial score (nSPS) is 11.6. The van der Waals surface area contributed by atoms with Crippen LogP contribution >= 0.6 is 0 Å². The first-order chi connectivity index (χ1) is 13.7. The topological polar surface area (TPSA) is 81.4 Å². The molecule has 28 heavy (non-hydrogen) atoms. The van der Waals surface area contributed by atoms with Crippen LogP contribution in [0.1, 0.15) is 35.9 Å². The molecule has 3 rings (SSSR count). The van der Waals surface area contributed by atoms with Gasteiger partial charge in [-0.25, -0.2) is 9.78 Å². The highest BCUT2D eigenvalue weighted by atomic mass is 16.5. The molecule has 1 N–H and O–H groups in total. The van der Waals surface area contributed by atoms with Gasteiger partial charge in [-0.2, -0.15) is 0 Å². The average molecular weight is 378 g/mol. The van der Waals surface area contributed by atoms with Crippen LogP contribution in [-0.4, -0.2) is 22.9 Å². The number of hydrogen-bond donors (Lipinski definition) is 1. The van der Waals surface area contributed by atoms with Gasteiger partial charge in [-0.1, -0.05) is 49.7 Å². The van der Waals surface area contributed by atoms with Crippen LogP contribution in [0, 0.1) is 0 Å². The van der Waals surface area contributed by atoms with E-state index >= 15 is 0 Å². The molecule has 0 aliphatic rings. The Kier molecular flexibility index (Phi) is 6.57. The number of aromatic nitrogens is 1. The van der Waals surface area contributed by atoms with E-state index in [9.17, 15) is 9.59 Å². The van der Waals surface area contributed by atoms with Crippen LogP contribution in [-0.2, 0) is 16.1 Å². The van der Waals surface area contributed by atoms with Crippen molar-refractivity contribution >= 4 is 11.9 Å². The van der Waals surface area contributed by atoms with E-state index in [1.54, 1.807) is 24.3 Å². The fraction of sp³-hybridized carbons (Fsp3) is 0.227. The Labute approximate surface area is 163 Å². The van der Waals surface area contributed by atoms with Crippen LogP contribution in [0.3, 0.4) is 0 Å². The van der Waals surface area contributed by atoms with Gasteiger partial charge in [0, 0.05) is 11.1 Å². The second kappa shape index (κ2) is 9.50. The van der Waals surface area contributed by atoms with Gasteiger partial charge in [-0.05, 0) is 30.7 Å². The van der Waals surface area contributed by atoms with E-state index in [0.717, 1.165) is 12.0 Å². The van der Waals surface area contributed by atoms with Gasteiger partial charge in [0.2, 0.25) is 5.89 Å². The maximum Gasteiger partial charge on any atom is 0.329 e. The van der Waals surface area contributed by atoms with Crippen molar-refractivity contribution in [2.75, 3.05) is 0 Å². The molecule has 1 atom stereocenters. The molecule has 1 amide bonds. The number of carbonyl (C=O) groups is 2. The van der Waals surface area contributed by atoms with Crippen molar-refractivity contribution in [3.63, 3.8) is 0 Å². The van der Waals surface area contributed by atoms with E-state index in [4.69, 9.17) is 9.15 Å². The standard InChI is InChI=1S/C22H22N2O4/c1-2-9-19(24-20(25)16-10-5-3-6-11-16)22(26)27-15-18-14-23-21(28-18)17-12-7-4-8-13-17/h3-8,10-14,19H,2,9,15H2,1H3,(H,24,25). The lowest BCUT2D eigenvalue weighted by molar-refractivity contribution is -0.148. The summed E-state index contributed by atoms with van der Waals surface area (Å²) >= 11 is 0. The SMILES string of the molecule is CCCC(NC(=O)c1ccccc1)C(=O)OCc1cnc(-c2ccccc2)o1. The zero-order chi connectivity index (χ0) is 19.8. The number of oxazole rings is 1. The van der Waals surface area contributed by atoms with Crippen molar-refractivity contribution < 1.29 is 18.7 Å². The zero-order valence-electron chi connectivity index (χ0n) is 15.6. The van der Waals surface area contributed by atoms with Gasteiger partial charge in [0.1, 0.15) is 6.04 Å². The first-order valence-corrected chi connectivity index (χ1v) is 9.20. The van der Waals surface area contributed by atoms with E-state index in [0.29, 0.717) is 23.6 Å². The van der Waals surface area contributed by atoms with Gasteiger partial charge in [-0.15, -0.1) is 0 Å². The Morgan fingerprint density at radius 1 is 1.07 bits per heavy atom. The third-order valence-electron chi connectivity index (χ3n) is 4.13. The second-order valence-electron chi connectivity index (χ2n) is 6.29. The summed E-state index contributed by atoms with van der Waals surface area (Å²) in [5.74, 6) is 0.108. The molecule has 0 aliphatic heterocycles. The Morgan fingerprint density at radius 3 is 2.43 bits per heavy atom. The smallest absolute Gasteiger partial charge is 0.329 e. The summed E-state index contributed by atoms with van der Waals surface area (Å²) in [6, 6.07) is 17.5. The molecule has 1 heterocycles. The van der Waals surface area contributed by atoms with Crippen LogP contribution < -0.4 is 5.32 Å². The van der Waals surface area contributed by atoms with Crippen LogP contribution in [0.15, 0.2) is 71.3 Å². The Morgan fingerprint density at radius 2 is 1.75 bits per heavy atom. The van der Waals surface area contributed by atoms with Gasteiger partial charge >= 0.3 is 5.97 Å². The molecule has 144 valence electrons. The largest absolute Gasteiger partial charge is 0.456 e. The second-order valence-corrected chi connectivity index (χ2v) is 6.29. The maximum absolute atomic E-state index is 12.5. The van der Waals surface area contributed by atoms with Crippen molar-refractivity contribution in [2.45, 2.75) is 32.4 Å². The van der Waals surface area contributed by atoms with Crippen LogP contribution in [0.5, 0.6) is 0 Å². The number of rotatable bonds is 8. The summed E-state index contributed by atoms with van der Waals surface area (Å²) in [4.78, 5) is 29.0. The lowest BCUT2D eigenvalue weighted by Crippen LogP contribution is -2.41. The summed E-state index contributed by atoms with van der Waals surface area (Å²) in [6.45, 7) is 1.90. The molecule has 3 aromatic rings. The fourth-order valence-electron chi connectivity index (χ4n) is 2.70. The Hall–Kier alpha value is -3.41. The van der Waals surface area contributed by atoms with E-state index in [2.05, 4.69) is 10.3 Å². The first-order valence-electron chi connectivity index (χ1n) is 9.20. The van der Waals surface area contributed by atoms with Gasteiger partial charge < -0.3 is 14.5 Å². The van der Waals surface area contributed by atoms with Crippen molar-refractivity contribution in [2.24, 2.45) is 0 Å². The fourth-order valence-corrected chi connectivity index (χ4v) is 2.70. The third-order valence-corrected chi connectivity index (χ3v) is 4.13. The molecule has 2 aromatic carbocycles. The summed E-state index contributed by atoms with van der Waals surface area (Å²) in [5.41, 5.74) is 1.35. The van der Waals surface area contributed by atoms with Crippen molar-refractivity contribution in [3.05, 3.63) is 78.2 Å². The Bertz CT molecular complexity index is 907. The molecule has 6 nitrogen and oxygen atoms in total. The molecule has 0 saturated carbocycles. The molecular weight excluding hydrogens is 356 g/mol. The summed E-state index contributed by atoms with van der Waals surface area (Å²) < 4.78 is 11.0. The highest BCUT2D eigenvalue weighted by Crippen LogP contribution is 2.19. The molecule has 1 aromatic heterocycles. The number of benzene rings is 2. The summed E-state index contributed by atoms with van der Waals surface area (Å²) in [6.07, 6.45) is 2.76. The molecule has 0 bridgehead atoms. The minimum absolute atomic E-state index is 0.0416. The number of hydrogen-bond acceptors (Lipinski definition) is 5. The zero-order valence-corrected chi connectivity index (χ0v) is 15.6. The summed E-state index contributed by atoms with van der Waals surface area (Å²) in [7, 11) is 0. The average Bonchev–Trinajstić information content (AvgIpc) is 3.22. The molecular formula is C22H22N2O4. The highest BCUT2D eigenvalue weighted by Gasteiger charge is 2.22. The number of carbonyl (C=O) groups excluding carboxylic acids is 2.